The van der Waals surface area contributed by atoms with Crippen LogP contribution in [0.1, 0.15) is 5.56 Å². The van der Waals surface area contributed by atoms with E-state index >= 15 is 0 Å². The monoisotopic (exact) mass is 714 g/mol. The highest BCUT2D eigenvalue weighted by Gasteiger charge is 2.22. The maximum Gasteiger partial charge on any atom is 0.227 e. The molecule has 4 heterocycles. The van der Waals surface area contributed by atoms with E-state index in [0.717, 1.165) is 104 Å². The Morgan fingerprint density at radius 2 is 1.00 bits per heavy atom. The van der Waals surface area contributed by atoms with E-state index in [4.69, 9.17) is 15.4 Å². The Hall–Kier alpha value is -8.06. The van der Waals surface area contributed by atoms with Gasteiger partial charge in [0.25, 0.3) is 0 Å². The Labute approximate surface area is 318 Å². The van der Waals surface area contributed by atoms with Crippen molar-refractivity contribution in [2.75, 3.05) is 0 Å². The second-order valence-corrected chi connectivity index (χ2v) is 14.3. The first kappa shape index (κ1) is 30.4. The van der Waals surface area contributed by atoms with Crippen molar-refractivity contribution in [1.29, 1.82) is 5.26 Å². The van der Waals surface area contributed by atoms with E-state index in [0.29, 0.717) is 16.9 Å². The minimum Gasteiger partial charge on any atom is -0.456 e. The molecule has 0 bridgehead atoms. The molecule has 0 radical (unpaired) electrons. The Balaban J connectivity index is 1.10. The summed E-state index contributed by atoms with van der Waals surface area (Å²) in [5.74, 6) is 0. The highest BCUT2D eigenvalue weighted by molar-refractivity contribution is 6.19. The van der Waals surface area contributed by atoms with Gasteiger partial charge in [-0.05, 0) is 71.8 Å². The number of nitrogens with zero attached hydrogens (tertiary/aromatic N) is 4. The van der Waals surface area contributed by atoms with Gasteiger partial charge < -0.3 is 18.0 Å². The first-order chi connectivity index (χ1) is 27.7. The lowest BCUT2D eigenvalue weighted by atomic mass is 10.00. The number of hydrogen-bond acceptors (Lipinski definition) is 3. The molecule has 8 aromatic carbocycles. The van der Waals surface area contributed by atoms with E-state index in [-0.39, 0.29) is 0 Å². The highest BCUT2D eigenvalue weighted by Crippen LogP contribution is 2.43. The molecule has 0 aliphatic heterocycles. The molecule has 0 saturated carbocycles. The Morgan fingerprint density at radius 3 is 1.61 bits per heavy atom. The maximum absolute atomic E-state index is 10.5. The summed E-state index contributed by atoms with van der Waals surface area (Å²) in [7, 11) is 0. The van der Waals surface area contributed by atoms with Crippen LogP contribution in [-0.2, 0) is 0 Å². The lowest BCUT2D eigenvalue weighted by molar-refractivity contribution is 0.669. The highest BCUT2D eigenvalue weighted by atomic mass is 16.3. The van der Waals surface area contributed by atoms with Gasteiger partial charge in [-0.3, -0.25) is 0 Å². The molecule has 0 aliphatic rings. The number of fused-ring (bicyclic) bond motifs is 12. The van der Waals surface area contributed by atoms with Gasteiger partial charge in [-0.2, -0.15) is 5.26 Å². The fourth-order valence-electron chi connectivity index (χ4n) is 8.90. The molecule has 258 valence electrons. The topological polar surface area (TPSA) is 64.3 Å². The minimum absolute atomic E-state index is 0.303. The van der Waals surface area contributed by atoms with Crippen molar-refractivity contribution in [2.24, 2.45) is 0 Å². The first-order valence-corrected chi connectivity index (χ1v) is 18.4. The van der Waals surface area contributed by atoms with Crippen LogP contribution in [0, 0.1) is 17.9 Å². The number of rotatable bonds is 3. The van der Waals surface area contributed by atoms with Gasteiger partial charge in [0, 0.05) is 60.9 Å². The molecule has 4 aromatic heterocycles. The summed E-state index contributed by atoms with van der Waals surface area (Å²) < 4.78 is 17.1. The van der Waals surface area contributed by atoms with Gasteiger partial charge in [-0.25, -0.2) is 4.85 Å². The fraction of sp³-hybridized carbons (Fsp3) is 0. The number of nitriles is 1. The van der Waals surface area contributed by atoms with Crippen molar-refractivity contribution >= 4 is 93.2 Å². The van der Waals surface area contributed by atoms with Crippen molar-refractivity contribution < 1.29 is 8.83 Å². The average Bonchev–Trinajstić information content (AvgIpc) is 3.98. The van der Waals surface area contributed by atoms with E-state index in [9.17, 15) is 5.26 Å². The summed E-state index contributed by atoms with van der Waals surface area (Å²) >= 11 is 0. The summed E-state index contributed by atoms with van der Waals surface area (Å²) in [6.45, 7) is 8.33. The number of aromatic nitrogens is 2. The predicted molar refractivity (Wildman–Crippen MR) is 226 cm³/mol. The van der Waals surface area contributed by atoms with E-state index in [1.54, 1.807) is 0 Å². The third-order valence-electron chi connectivity index (χ3n) is 11.3. The quantitative estimate of drug-likeness (QED) is 0.171. The molecule has 6 nitrogen and oxygen atoms in total. The lowest BCUT2D eigenvalue weighted by Gasteiger charge is -2.15. The Morgan fingerprint density at radius 1 is 0.446 bits per heavy atom. The molecule has 0 N–H and O–H groups in total. The van der Waals surface area contributed by atoms with Crippen LogP contribution in [-0.4, -0.2) is 9.13 Å². The summed E-state index contributed by atoms with van der Waals surface area (Å²) in [6, 6.07) is 56.2. The largest absolute Gasteiger partial charge is 0.456 e. The maximum atomic E-state index is 10.5. The zero-order valence-electron chi connectivity index (χ0n) is 29.6. The second kappa shape index (κ2) is 11.2. The van der Waals surface area contributed by atoms with Crippen molar-refractivity contribution in [3.63, 3.8) is 0 Å². The molecule has 0 unspecified atom stereocenters. The van der Waals surface area contributed by atoms with Gasteiger partial charge in [-0.15, -0.1) is 0 Å². The van der Waals surface area contributed by atoms with Crippen molar-refractivity contribution in [2.45, 2.75) is 0 Å². The van der Waals surface area contributed by atoms with Crippen LogP contribution < -0.4 is 0 Å². The zero-order chi connectivity index (χ0) is 37.1. The molecular weight excluding hydrogens is 689 g/mol. The third kappa shape index (κ3) is 4.13. The minimum atomic E-state index is 0.303. The molecule has 0 atom stereocenters. The second-order valence-electron chi connectivity index (χ2n) is 14.3. The van der Waals surface area contributed by atoms with Gasteiger partial charge in [0.05, 0.1) is 46.0 Å². The van der Waals surface area contributed by atoms with E-state index < -0.39 is 0 Å². The van der Waals surface area contributed by atoms with Crippen LogP contribution in [0.3, 0.4) is 0 Å². The Kier molecular flexibility index (Phi) is 6.10. The summed E-state index contributed by atoms with van der Waals surface area (Å²) in [6.07, 6.45) is 0. The normalized spacial score (nSPS) is 11.9. The van der Waals surface area contributed by atoms with Crippen molar-refractivity contribution in [3.05, 3.63) is 175 Å². The van der Waals surface area contributed by atoms with Gasteiger partial charge in [0.15, 0.2) is 0 Å². The van der Waals surface area contributed by atoms with Crippen LogP contribution in [0.5, 0.6) is 0 Å². The molecule has 6 heteroatoms. The SMILES string of the molecule is [C-]#[N+]c1c(C#N)cc(-c2cccc(-n3c4ccccc4c4cc5c(cc43)oc3ccccc35)c2)cc1-n1c2ccccc2c2cc3c(cc21)oc1ccccc13. The molecule has 0 amide bonds. The molecule has 56 heavy (non-hydrogen) atoms. The molecule has 12 aromatic rings. The van der Waals surface area contributed by atoms with Gasteiger partial charge >= 0.3 is 0 Å². The van der Waals surface area contributed by atoms with Crippen LogP contribution in [0.4, 0.5) is 5.69 Å². The summed E-state index contributed by atoms with van der Waals surface area (Å²) in [5.41, 5.74) is 11.3. The first-order valence-electron chi connectivity index (χ1n) is 18.4. The molecular formula is C50H26N4O2. The fourth-order valence-corrected chi connectivity index (χ4v) is 8.90. The van der Waals surface area contributed by atoms with Crippen LogP contribution in [0.15, 0.2) is 167 Å². The number of furan rings is 2. The summed E-state index contributed by atoms with van der Waals surface area (Å²) in [4.78, 5) is 3.98. The lowest BCUT2D eigenvalue weighted by Crippen LogP contribution is -1.98. The number of hydrogen-bond donors (Lipinski definition) is 0. The van der Waals surface area contributed by atoms with E-state index in [2.05, 4.69) is 117 Å². The van der Waals surface area contributed by atoms with Crippen LogP contribution >= 0.6 is 0 Å². The van der Waals surface area contributed by atoms with Gasteiger partial charge in [0.2, 0.25) is 5.69 Å². The zero-order valence-corrected chi connectivity index (χ0v) is 29.6. The molecule has 12 rings (SSSR count). The van der Waals surface area contributed by atoms with Crippen LogP contribution in [0.2, 0.25) is 0 Å². The van der Waals surface area contributed by atoms with E-state index in [1.807, 2.05) is 60.7 Å². The molecule has 0 saturated heterocycles. The van der Waals surface area contributed by atoms with Crippen molar-refractivity contribution in [3.8, 4) is 28.6 Å². The molecule has 0 aliphatic carbocycles. The third-order valence-corrected chi connectivity index (χ3v) is 11.3. The average molecular weight is 715 g/mol. The number of para-hydroxylation sites is 4. The van der Waals surface area contributed by atoms with Gasteiger partial charge in [0.1, 0.15) is 22.3 Å². The van der Waals surface area contributed by atoms with E-state index in [1.165, 1.54) is 0 Å². The van der Waals surface area contributed by atoms with Gasteiger partial charge in [-0.1, -0.05) is 84.9 Å². The summed E-state index contributed by atoms with van der Waals surface area (Å²) in [5, 5.41) is 19.2. The molecule has 0 spiro atoms. The van der Waals surface area contributed by atoms with Crippen LogP contribution in [0.25, 0.3) is 115 Å². The standard InChI is InChI=1S/C50H26N4O2/c1-52-50-31(28-51)21-30(23-45(50)54-42-18-7-3-14-34(42)38-25-40-36-16-5-9-20-47(36)56-49(40)27-44(38)54)29-11-10-12-32(22-29)53-41-17-6-2-13-33(41)37-24-39-35-15-4-8-19-46(35)55-48(39)26-43(37)53/h2-27H. The Bertz CT molecular complexity index is 3750. The smallest absolute Gasteiger partial charge is 0.227 e. The number of benzene rings is 8. The predicted octanol–water partition coefficient (Wildman–Crippen LogP) is 13.8. The molecule has 0 fully saturated rings. The van der Waals surface area contributed by atoms with Crippen molar-refractivity contribution in [1.82, 2.24) is 9.13 Å².